The van der Waals surface area contributed by atoms with E-state index in [0.29, 0.717) is 5.96 Å². The molecule has 0 radical (unpaired) electrons. The van der Waals surface area contributed by atoms with Crippen molar-refractivity contribution >= 4 is 35.6 Å². The van der Waals surface area contributed by atoms with Crippen LogP contribution in [0.15, 0.2) is 29.3 Å². The van der Waals surface area contributed by atoms with E-state index >= 15 is 0 Å². The minimum Gasteiger partial charge on any atom is -0.497 e. The summed E-state index contributed by atoms with van der Waals surface area (Å²) < 4.78 is 5.07. The molecule has 3 N–H and O–H groups in total. The van der Waals surface area contributed by atoms with Crippen LogP contribution in [0, 0.1) is 5.92 Å². The highest BCUT2D eigenvalue weighted by molar-refractivity contribution is 14.0. The third-order valence-electron chi connectivity index (χ3n) is 2.58. The summed E-state index contributed by atoms with van der Waals surface area (Å²) in [6.45, 7) is 0.842. The van der Waals surface area contributed by atoms with E-state index < -0.39 is 0 Å². The maximum absolute atomic E-state index is 5.76. The van der Waals surface area contributed by atoms with Crippen LogP contribution in [0.1, 0.15) is 12.8 Å². The summed E-state index contributed by atoms with van der Waals surface area (Å²) in [7, 11) is 1.65. The third-order valence-corrected chi connectivity index (χ3v) is 2.58. The van der Waals surface area contributed by atoms with Gasteiger partial charge in [-0.2, -0.15) is 0 Å². The lowest BCUT2D eigenvalue weighted by atomic mass is 10.3. The molecule has 1 saturated carbocycles. The molecule has 1 aromatic carbocycles. The second-order valence-corrected chi connectivity index (χ2v) is 4.02. The molecule has 0 saturated heterocycles. The first kappa shape index (κ1) is 14.1. The Morgan fingerprint density at radius 1 is 1.41 bits per heavy atom. The van der Waals surface area contributed by atoms with E-state index in [2.05, 4.69) is 10.3 Å². The van der Waals surface area contributed by atoms with Gasteiger partial charge in [-0.1, -0.05) is 0 Å². The number of hydrogen-bond donors (Lipinski definition) is 2. The molecule has 0 amide bonds. The molecule has 0 spiro atoms. The summed E-state index contributed by atoms with van der Waals surface area (Å²) in [6.07, 6.45) is 2.58. The van der Waals surface area contributed by atoms with Gasteiger partial charge in [0, 0.05) is 12.2 Å². The summed E-state index contributed by atoms with van der Waals surface area (Å²) in [6, 6.07) is 7.60. The molecule has 0 bridgehead atoms. The number of nitrogens with one attached hydrogen (secondary N) is 1. The number of anilines is 1. The fourth-order valence-electron chi connectivity index (χ4n) is 1.39. The van der Waals surface area contributed by atoms with E-state index in [4.69, 9.17) is 10.5 Å². The van der Waals surface area contributed by atoms with Crippen LogP contribution >= 0.6 is 24.0 Å². The van der Waals surface area contributed by atoms with Crippen LogP contribution in [0.4, 0.5) is 5.69 Å². The second-order valence-electron chi connectivity index (χ2n) is 4.02. The van der Waals surface area contributed by atoms with Crippen molar-refractivity contribution in [1.82, 2.24) is 0 Å². The predicted molar refractivity (Wildman–Crippen MR) is 81.2 cm³/mol. The maximum atomic E-state index is 5.76. The van der Waals surface area contributed by atoms with Gasteiger partial charge in [-0.05, 0) is 43.0 Å². The Morgan fingerprint density at radius 3 is 2.59 bits per heavy atom. The van der Waals surface area contributed by atoms with Gasteiger partial charge in [0.05, 0.1) is 7.11 Å². The summed E-state index contributed by atoms with van der Waals surface area (Å²) >= 11 is 0. The Hall–Kier alpha value is -0.980. The van der Waals surface area contributed by atoms with Gasteiger partial charge in [0.1, 0.15) is 5.75 Å². The molecule has 0 atom stereocenters. The number of guanidine groups is 1. The van der Waals surface area contributed by atoms with E-state index in [1.807, 2.05) is 24.3 Å². The first-order chi connectivity index (χ1) is 7.78. The Bertz CT molecular complexity index is 374. The molecule has 0 aliphatic heterocycles. The molecule has 5 heteroatoms. The van der Waals surface area contributed by atoms with Crippen LogP contribution in [-0.4, -0.2) is 19.6 Å². The standard InChI is InChI=1S/C12H17N3O.HI/c1-16-11-6-4-10(5-7-11)15-12(13)14-8-9-2-3-9;/h4-7,9H,2-3,8H2,1H3,(H3,13,14,15);1H. The second kappa shape index (κ2) is 6.68. The molecule has 4 nitrogen and oxygen atoms in total. The normalized spacial score (nSPS) is 15.0. The largest absolute Gasteiger partial charge is 0.497 e. The minimum atomic E-state index is 0. The number of methoxy groups -OCH3 is 1. The molecular weight excluding hydrogens is 329 g/mol. The van der Waals surface area contributed by atoms with Crippen molar-refractivity contribution in [2.24, 2.45) is 16.6 Å². The SMILES string of the molecule is COc1ccc(NC(N)=NCC2CC2)cc1.I. The zero-order chi connectivity index (χ0) is 11.4. The Morgan fingerprint density at radius 2 is 2.06 bits per heavy atom. The molecule has 17 heavy (non-hydrogen) atoms. The number of nitrogens with zero attached hydrogens (tertiary/aromatic N) is 1. The number of aliphatic imine (C=N–C) groups is 1. The lowest BCUT2D eigenvalue weighted by molar-refractivity contribution is 0.415. The Kier molecular flexibility index (Phi) is 5.54. The molecule has 0 aromatic heterocycles. The number of benzene rings is 1. The monoisotopic (exact) mass is 347 g/mol. The van der Waals surface area contributed by atoms with Crippen molar-refractivity contribution in [1.29, 1.82) is 0 Å². The summed E-state index contributed by atoms with van der Waals surface area (Å²) in [5.41, 5.74) is 6.69. The summed E-state index contributed by atoms with van der Waals surface area (Å²) in [5.74, 6) is 2.08. The van der Waals surface area contributed by atoms with Gasteiger partial charge >= 0.3 is 0 Å². The van der Waals surface area contributed by atoms with Crippen molar-refractivity contribution in [2.75, 3.05) is 19.0 Å². The van der Waals surface area contributed by atoms with Gasteiger partial charge in [0.15, 0.2) is 5.96 Å². The van der Waals surface area contributed by atoms with Gasteiger partial charge in [0.25, 0.3) is 0 Å². The van der Waals surface area contributed by atoms with E-state index in [1.54, 1.807) is 7.11 Å². The van der Waals surface area contributed by atoms with Crippen molar-refractivity contribution in [3.8, 4) is 5.75 Å². The zero-order valence-electron chi connectivity index (χ0n) is 9.85. The summed E-state index contributed by atoms with van der Waals surface area (Å²) in [5, 5.41) is 3.05. The van der Waals surface area contributed by atoms with Crippen molar-refractivity contribution in [2.45, 2.75) is 12.8 Å². The highest BCUT2D eigenvalue weighted by Gasteiger charge is 2.20. The fourth-order valence-corrected chi connectivity index (χ4v) is 1.39. The smallest absolute Gasteiger partial charge is 0.193 e. The molecule has 0 unspecified atom stereocenters. The number of halogens is 1. The van der Waals surface area contributed by atoms with E-state index in [1.165, 1.54) is 12.8 Å². The van der Waals surface area contributed by atoms with Crippen LogP contribution in [0.25, 0.3) is 0 Å². The topological polar surface area (TPSA) is 59.6 Å². The number of nitrogens with two attached hydrogens (primary N) is 1. The van der Waals surface area contributed by atoms with Crippen molar-refractivity contribution in [3.63, 3.8) is 0 Å². The lowest BCUT2D eigenvalue weighted by Crippen LogP contribution is -2.22. The highest BCUT2D eigenvalue weighted by Crippen LogP contribution is 2.28. The highest BCUT2D eigenvalue weighted by atomic mass is 127. The predicted octanol–water partition coefficient (Wildman–Crippen LogP) is 2.45. The lowest BCUT2D eigenvalue weighted by Gasteiger charge is -2.06. The molecule has 2 rings (SSSR count). The maximum Gasteiger partial charge on any atom is 0.193 e. The van der Waals surface area contributed by atoms with E-state index in [-0.39, 0.29) is 24.0 Å². The van der Waals surface area contributed by atoms with Gasteiger partial charge in [-0.3, -0.25) is 4.99 Å². The van der Waals surface area contributed by atoms with Gasteiger partial charge in [-0.15, -0.1) is 24.0 Å². The number of ether oxygens (including phenoxy) is 1. The van der Waals surface area contributed by atoms with Crippen LogP contribution in [0.3, 0.4) is 0 Å². The van der Waals surface area contributed by atoms with E-state index in [0.717, 1.165) is 23.9 Å². The Balaban J connectivity index is 0.00000144. The Labute approximate surface area is 119 Å². The molecule has 0 heterocycles. The van der Waals surface area contributed by atoms with Crippen LogP contribution < -0.4 is 15.8 Å². The van der Waals surface area contributed by atoms with Gasteiger partial charge < -0.3 is 15.8 Å². The van der Waals surface area contributed by atoms with Gasteiger partial charge in [0.2, 0.25) is 0 Å². The first-order valence-electron chi connectivity index (χ1n) is 5.49. The van der Waals surface area contributed by atoms with Crippen molar-refractivity contribution < 1.29 is 4.74 Å². The van der Waals surface area contributed by atoms with Crippen LogP contribution in [0.5, 0.6) is 5.75 Å². The molecule has 1 fully saturated rings. The minimum absolute atomic E-state index is 0. The first-order valence-corrected chi connectivity index (χ1v) is 5.49. The molecular formula is C12H18IN3O. The zero-order valence-corrected chi connectivity index (χ0v) is 12.2. The summed E-state index contributed by atoms with van der Waals surface area (Å²) in [4.78, 5) is 4.28. The number of hydrogen-bond acceptors (Lipinski definition) is 2. The molecule has 1 aliphatic carbocycles. The van der Waals surface area contributed by atoms with Crippen LogP contribution in [-0.2, 0) is 0 Å². The average Bonchev–Trinajstić information content (AvgIpc) is 3.11. The van der Waals surface area contributed by atoms with Crippen molar-refractivity contribution in [3.05, 3.63) is 24.3 Å². The van der Waals surface area contributed by atoms with E-state index in [9.17, 15) is 0 Å². The fraction of sp³-hybridized carbons (Fsp3) is 0.417. The van der Waals surface area contributed by atoms with Gasteiger partial charge in [-0.25, -0.2) is 0 Å². The molecule has 1 aliphatic rings. The quantitative estimate of drug-likeness (QED) is 0.500. The average molecular weight is 347 g/mol. The number of rotatable bonds is 4. The molecule has 94 valence electrons. The van der Waals surface area contributed by atoms with Crippen LogP contribution in [0.2, 0.25) is 0 Å². The third kappa shape index (κ3) is 4.80. The molecule has 1 aromatic rings.